The Morgan fingerprint density at radius 3 is 2.38 bits per heavy atom. The van der Waals surface area contributed by atoms with Gasteiger partial charge in [-0.25, -0.2) is 4.39 Å². The number of benzene rings is 1. The molecule has 0 saturated heterocycles. The first-order chi connectivity index (χ1) is 5.95. The summed E-state index contributed by atoms with van der Waals surface area (Å²) in [6, 6.07) is 1.39. The molecule has 0 aliphatic heterocycles. The van der Waals surface area contributed by atoms with Crippen LogP contribution in [0.25, 0.3) is 0 Å². The predicted molar refractivity (Wildman–Crippen MR) is 53.6 cm³/mol. The second kappa shape index (κ2) is 3.58. The molecule has 1 nitrogen and oxygen atoms in total. The van der Waals surface area contributed by atoms with Crippen molar-refractivity contribution in [3.8, 4) is 0 Å². The lowest BCUT2D eigenvalue weighted by molar-refractivity contribution is 0.101. The van der Waals surface area contributed by atoms with Crippen molar-refractivity contribution in [2.24, 2.45) is 0 Å². The number of halogens is 2. The summed E-state index contributed by atoms with van der Waals surface area (Å²) in [6.45, 7) is 4.86. The van der Waals surface area contributed by atoms with E-state index in [0.717, 1.165) is 5.56 Å². The molecule has 0 aliphatic carbocycles. The molecule has 70 valence electrons. The molecule has 0 spiro atoms. The lowest BCUT2D eigenvalue weighted by atomic mass is 9.99. The molecule has 0 unspecified atom stereocenters. The SMILES string of the molecule is CC(=O)c1c(C)c(F)cc(Br)c1C. The van der Waals surface area contributed by atoms with Crippen LogP contribution in [0.3, 0.4) is 0 Å². The average Bonchev–Trinajstić information content (AvgIpc) is 2.01. The highest BCUT2D eigenvalue weighted by molar-refractivity contribution is 9.10. The number of hydrogen-bond donors (Lipinski definition) is 0. The summed E-state index contributed by atoms with van der Waals surface area (Å²) >= 11 is 3.21. The maximum atomic E-state index is 13.2. The molecule has 0 N–H and O–H groups in total. The third-order valence-corrected chi connectivity index (χ3v) is 2.90. The van der Waals surface area contributed by atoms with Gasteiger partial charge in [-0.1, -0.05) is 15.9 Å². The highest BCUT2D eigenvalue weighted by atomic mass is 79.9. The van der Waals surface area contributed by atoms with E-state index < -0.39 is 0 Å². The van der Waals surface area contributed by atoms with Gasteiger partial charge in [-0.15, -0.1) is 0 Å². The van der Waals surface area contributed by atoms with Gasteiger partial charge in [0, 0.05) is 10.0 Å². The molecule has 0 saturated carbocycles. The Bertz CT molecular complexity index is 345. The minimum atomic E-state index is -0.345. The summed E-state index contributed by atoms with van der Waals surface area (Å²) in [5.41, 5.74) is 1.70. The van der Waals surface area contributed by atoms with Gasteiger partial charge < -0.3 is 0 Å². The van der Waals surface area contributed by atoms with Crippen LogP contribution < -0.4 is 0 Å². The van der Waals surface area contributed by atoms with Gasteiger partial charge in [0.25, 0.3) is 0 Å². The smallest absolute Gasteiger partial charge is 0.160 e. The molecule has 1 rings (SSSR count). The standard InChI is InChI=1S/C10H10BrFO/c1-5-8(11)4-9(12)6(2)10(5)7(3)13/h4H,1-3H3. The highest BCUT2D eigenvalue weighted by Crippen LogP contribution is 2.25. The van der Waals surface area contributed by atoms with Crippen molar-refractivity contribution >= 4 is 21.7 Å². The van der Waals surface area contributed by atoms with Gasteiger partial charge in [0.05, 0.1) is 0 Å². The van der Waals surface area contributed by atoms with E-state index in [1.807, 2.05) is 0 Å². The zero-order chi connectivity index (χ0) is 10.2. The van der Waals surface area contributed by atoms with E-state index in [1.165, 1.54) is 13.0 Å². The molecule has 0 radical (unpaired) electrons. The lowest BCUT2D eigenvalue weighted by Gasteiger charge is -2.09. The van der Waals surface area contributed by atoms with Gasteiger partial charge >= 0.3 is 0 Å². The first kappa shape index (κ1) is 10.4. The Labute approximate surface area is 85.1 Å². The number of carbonyl (C=O) groups is 1. The molecule has 1 aromatic rings. The molecule has 3 heteroatoms. The summed E-state index contributed by atoms with van der Waals surface area (Å²) < 4.78 is 13.8. The first-order valence-corrected chi connectivity index (χ1v) is 4.70. The van der Waals surface area contributed by atoms with E-state index in [1.54, 1.807) is 13.8 Å². The minimum absolute atomic E-state index is 0.102. The van der Waals surface area contributed by atoms with Gasteiger partial charge in [-0.3, -0.25) is 4.79 Å². The molecule has 0 atom stereocenters. The molecular weight excluding hydrogens is 235 g/mol. The highest BCUT2D eigenvalue weighted by Gasteiger charge is 2.14. The minimum Gasteiger partial charge on any atom is -0.294 e. The topological polar surface area (TPSA) is 17.1 Å². The van der Waals surface area contributed by atoms with Crippen LogP contribution in [-0.2, 0) is 0 Å². The van der Waals surface area contributed by atoms with Crippen molar-refractivity contribution in [2.75, 3.05) is 0 Å². The van der Waals surface area contributed by atoms with Gasteiger partial charge in [0.2, 0.25) is 0 Å². The van der Waals surface area contributed by atoms with Crippen molar-refractivity contribution in [3.63, 3.8) is 0 Å². The molecular formula is C10H10BrFO. The Morgan fingerprint density at radius 1 is 1.38 bits per heavy atom. The number of hydrogen-bond acceptors (Lipinski definition) is 1. The summed E-state index contributed by atoms with van der Waals surface area (Å²) in [4.78, 5) is 11.2. The summed E-state index contributed by atoms with van der Waals surface area (Å²) in [5.74, 6) is -0.446. The maximum Gasteiger partial charge on any atom is 0.160 e. The third-order valence-electron chi connectivity index (χ3n) is 2.07. The predicted octanol–water partition coefficient (Wildman–Crippen LogP) is 3.41. The van der Waals surface area contributed by atoms with Crippen molar-refractivity contribution < 1.29 is 9.18 Å². The second-order valence-electron chi connectivity index (χ2n) is 3.02. The molecule has 0 aliphatic rings. The van der Waals surface area contributed by atoms with Crippen LogP contribution in [0.2, 0.25) is 0 Å². The summed E-state index contributed by atoms with van der Waals surface area (Å²) in [6.07, 6.45) is 0. The van der Waals surface area contributed by atoms with Crippen molar-refractivity contribution in [1.29, 1.82) is 0 Å². The van der Waals surface area contributed by atoms with Crippen LogP contribution in [0.15, 0.2) is 10.5 Å². The van der Waals surface area contributed by atoms with E-state index in [4.69, 9.17) is 0 Å². The van der Waals surface area contributed by atoms with Crippen LogP contribution >= 0.6 is 15.9 Å². The fourth-order valence-electron chi connectivity index (χ4n) is 1.38. The third kappa shape index (κ3) is 1.80. The maximum absolute atomic E-state index is 13.2. The Morgan fingerprint density at radius 2 is 1.92 bits per heavy atom. The molecule has 0 heterocycles. The van der Waals surface area contributed by atoms with Gasteiger partial charge in [-0.05, 0) is 38.0 Å². The quantitative estimate of drug-likeness (QED) is 0.693. The number of ketones is 1. The Kier molecular flexibility index (Phi) is 2.86. The summed E-state index contributed by atoms with van der Waals surface area (Å²) in [7, 11) is 0. The molecule has 0 fully saturated rings. The number of Topliss-reactive ketones (excluding diaryl/α,β-unsaturated/α-hetero) is 1. The molecule has 0 aromatic heterocycles. The molecule has 0 bridgehead atoms. The lowest BCUT2D eigenvalue weighted by Crippen LogP contribution is -2.03. The van der Waals surface area contributed by atoms with E-state index >= 15 is 0 Å². The first-order valence-electron chi connectivity index (χ1n) is 3.91. The summed E-state index contributed by atoms with van der Waals surface area (Å²) in [5, 5.41) is 0. The van der Waals surface area contributed by atoms with Crippen LogP contribution in [0, 0.1) is 19.7 Å². The Balaban J connectivity index is 3.56. The van der Waals surface area contributed by atoms with E-state index in [9.17, 15) is 9.18 Å². The number of rotatable bonds is 1. The van der Waals surface area contributed by atoms with Gasteiger partial charge in [0.15, 0.2) is 5.78 Å². The molecule has 0 amide bonds. The zero-order valence-corrected chi connectivity index (χ0v) is 9.33. The van der Waals surface area contributed by atoms with E-state index in [-0.39, 0.29) is 11.6 Å². The van der Waals surface area contributed by atoms with Crippen molar-refractivity contribution in [3.05, 3.63) is 33.0 Å². The fraction of sp³-hybridized carbons (Fsp3) is 0.300. The van der Waals surface area contributed by atoms with Crippen LogP contribution in [-0.4, -0.2) is 5.78 Å². The van der Waals surface area contributed by atoms with Gasteiger partial charge in [-0.2, -0.15) is 0 Å². The van der Waals surface area contributed by atoms with Crippen LogP contribution in [0.1, 0.15) is 28.4 Å². The van der Waals surface area contributed by atoms with Crippen molar-refractivity contribution in [2.45, 2.75) is 20.8 Å². The zero-order valence-electron chi connectivity index (χ0n) is 7.74. The normalized spacial score (nSPS) is 10.2. The largest absolute Gasteiger partial charge is 0.294 e. The Hall–Kier alpha value is -0.700. The van der Waals surface area contributed by atoms with E-state index in [0.29, 0.717) is 15.6 Å². The van der Waals surface area contributed by atoms with Crippen LogP contribution in [0.5, 0.6) is 0 Å². The van der Waals surface area contributed by atoms with Crippen molar-refractivity contribution in [1.82, 2.24) is 0 Å². The monoisotopic (exact) mass is 244 g/mol. The van der Waals surface area contributed by atoms with Crippen LogP contribution in [0.4, 0.5) is 4.39 Å². The number of carbonyl (C=O) groups excluding carboxylic acids is 1. The second-order valence-corrected chi connectivity index (χ2v) is 3.88. The molecule has 13 heavy (non-hydrogen) atoms. The fourth-order valence-corrected chi connectivity index (χ4v) is 1.78. The van der Waals surface area contributed by atoms with E-state index in [2.05, 4.69) is 15.9 Å². The van der Waals surface area contributed by atoms with Gasteiger partial charge in [0.1, 0.15) is 5.82 Å². The molecule has 1 aromatic carbocycles. The average molecular weight is 245 g/mol.